The lowest BCUT2D eigenvalue weighted by Gasteiger charge is -2.29. The summed E-state index contributed by atoms with van der Waals surface area (Å²) >= 11 is 5.90. The SMILES string of the molecule is CC(=O)N1CC=C(C2=CN3C[C@@H](C)N=C3C(C(=O)N[C@H](C)c3cccc(Cl)c3F)=C2)CC1. The van der Waals surface area contributed by atoms with Gasteiger partial charge < -0.3 is 15.1 Å². The number of nitrogens with zero attached hydrogens (tertiary/aromatic N) is 3. The molecule has 2 amide bonds. The third-order valence-electron chi connectivity index (χ3n) is 5.98. The summed E-state index contributed by atoms with van der Waals surface area (Å²) in [6.45, 7) is 7.19. The van der Waals surface area contributed by atoms with Crippen molar-refractivity contribution in [2.24, 2.45) is 4.99 Å². The highest BCUT2D eigenvalue weighted by Crippen LogP contribution is 2.30. The van der Waals surface area contributed by atoms with Crippen LogP contribution in [0.5, 0.6) is 0 Å². The van der Waals surface area contributed by atoms with Crippen LogP contribution in [-0.2, 0) is 9.59 Å². The van der Waals surface area contributed by atoms with Gasteiger partial charge in [-0.25, -0.2) is 4.39 Å². The van der Waals surface area contributed by atoms with Gasteiger partial charge in [-0.1, -0.05) is 29.8 Å². The van der Waals surface area contributed by atoms with Crippen molar-refractivity contribution >= 4 is 29.3 Å². The summed E-state index contributed by atoms with van der Waals surface area (Å²) < 4.78 is 14.4. The molecule has 3 aliphatic rings. The maximum Gasteiger partial charge on any atom is 0.255 e. The highest BCUT2D eigenvalue weighted by atomic mass is 35.5. The van der Waals surface area contributed by atoms with Gasteiger partial charge in [0.15, 0.2) is 0 Å². The van der Waals surface area contributed by atoms with E-state index in [0.29, 0.717) is 36.6 Å². The van der Waals surface area contributed by atoms with Crippen molar-refractivity contribution in [3.05, 3.63) is 69.7 Å². The summed E-state index contributed by atoms with van der Waals surface area (Å²) in [5.41, 5.74) is 2.82. The Hall–Kier alpha value is -2.93. The smallest absolute Gasteiger partial charge is 0.255 e. The zero-order valence-electron chi connectivity index (χ0n) is 18.4. The van der Waals surface area contributed by atoms with Crippen LogP contribution in [0.25, 0.3) is 0 Å². The first-order valence-electron chi connectivity index (χ1n) is 10.7. The standard InChI is InChI=1S/C24H26ClFN4O2/c1-14-12-30-13-18(17-7-9-29(10-8-17)16(3)31)11-20(23(30)27-14)24(32)28-15(2)19-5-4-6-21(25)22(19)26/h4-7,11,13-15H,8-10,12H2,1-3H3,(H,28,32)/t14-,15-/m1/s1. The summed E-state index contributed by atoms with van der Waals surface area (Å²) in [7, 11) is 0. The molecule has 3 aliphatic heterocycles. The van der Waals surface area contributed by atoms with Gasteiger partial charge in [0.05, 0.1) is 22.7 Å². The minimum atomic E-state index is -0.567. The van der Waals surface area contributed by atoms with E-state index in [2.05, 4.69) is 10.3 Å². The van der Waals surface area contributed by atoms with Crippen molar-refractivity contribution in [1.82, 2.24) is 15.1 Å². The Morgan fingerprint density at radius 1 is 1.34 bits per heavy atom. The van der Waals surface area contributed by atoms with Crippen LogP contribution in [0, 0.1) is 5.82 Å². The molecule has 0 bridgehead atoms. The van der Waals surface area contributed by atoms with E-state index in [4.69, 9.17) is 11.6 Å². The normalized spacial score (nSPS) is 21.2. The molecule has 8 heteroatoms. The molecule has 1 aromatic rings. The van der Waals surface area contributed by atoms with Crippen molar-refractivity contribution in [3.63, 3.8) is 0 Å². The quantitative estimate of drug-likeness (QED) is 0.750. The number of rotatable bonds is 4. The van der Waals surface area contributed by atoms with Gasteiger partial charge in [-0.15, -0.1) is 0 Å². The molecule has 4 rings (SSSR count). The van der Waals surface area contributed by atoms with Crippen LogP contribution >= 0.6 is 11.6 Å². The molecule has 0 unspecified atom stereocenters. The number of halogens is 2. The van der Waals surface area contributed by atoms with Gasteiger partial charge in [0, 0.05) is 38.3 Å². The van der Waals surface area contributed by atoms with E-state index in [1.54, 1.807) is 30.9 Å². The van der Waals surface area contributed by atoms with Crippen molar-refractivity contribution in [2.45, 2.75) is 39.3 Å². The zero-order chi connectivity index (χ0) is 23.0. The number of carbonyl (C=O) groups is 2. The monoisotopic (exact) mass is 456 g/mol. The van der Waals surface area contributed by atoms with Crippen LogP contribution in [-0.4, -0.2) is 53.1 Å². The highest BCUT2D eigenvalue weighted by Gasteiger charge is 2.32. The number of hydrogen-bond acceptors (Lipinski definition) is 4. The number of amides is 2. The Balaban J connectivity index is 1.60. The minimum absolute atomic E-state index is 0.0229. The second-order valence-electron chi connectivity index (χ2n) is 8.38. The fourth-order valence-corrected chi connectivity index (χ4v) is 4.41. The highest BCUT2D eigenvalue weighted by molar-refractivity contribution is 6.30. The van der Waals surface area contributed by atoms with Gasteiger partial charge in [0.25, 0.3) is 5.91 Å². The molecule has 0 fully saturated rings. The largest absolute Gasteiger partial charge is 0.345 e. The number of fused-ring (bicyclic) bond motifs is 1. The van der Waals surface area contributed by atoms with E-state index in [9.17, 15) is 14.0 Å². The number of benzene rings is 1. The van der Waals surface area contributed by atoms with Crippen LogP contribution in [0.3, 0.4) is 0 Å². The summed E-state index contributed by atoms with van der Waals surface area (Å²) in [6, 6.07) is 4.25. The van der Waals surface area contributed by atoms with Gasteiger partial charge in [-0.2, -0.15) is 0 Å². The first-order valence-corrected chi connectivity index (χ1v) is 11.1. The molecule has 0 aromatic heterocycles. The van der Waals surface area contributed by atoms with E-state index in [-0.39, 0.29) is 22.9 Å². The Morgan fingerprint density at radius 3 is 2.81 bits per heavy atom. The molecule has 32 heavy (non-hydrogen) atoms. The lowest BCUT2D eigenvalue weighted by molar-refractivity contribution is -0.128. The summed E-state index contributed by atoms with van der Waals surface area (Å²) in [5, 5.41) is 2.92. The number of carbonyl (C=O) groups excluding carboxylic acids is 2. The Labute approximate surface area is 192 Å². The first kappa shape index (κ1) is 22.3. The molecule has 1 aromatic carbocycles. The van der Waals surface area contributed by atoms with Crippen molar-refractivity contribution in [2.75, 3.05) is 19.6 Å². The molecule has 3 heterocycles. The van der Waals surface area contributed by atoms with Gasteiger partial charge >= 0.3 is 0 Å². The fourth-order valence-electron chi connectivity index (χ4n) is 4.23. The third-order valence-corrected chi connectivity index (χ3v) is 6.27. The molecule has 0 saturated carbocycles. The van der Waals surface area contributed by atoms with Gasteiger partial charge in [0.1, 0.15) is 11.7 Å². The van der Waals surface area contributed by atoms with Crippen LogP contribution in [0.15, 0.2) is 58.3 Å². The van der Waals surface area contributed by atoms with Gasteiger partial charge in [-0.05, 0) is 43.6 Å². The van der Waals surface area contributed by atoms with Crippen molar-refractivity contribution < 1.29 is 14.0 Å². The predicted octanol–water partition coefficient (Wildman–Crippen LogP) is 3.76. The summed E-state index contributed by atoms with van der Waals surface area (Å²) in [4.78, 5) is 33.3. The van der Waals surface area contributed by atoms with E-state index >= 15 is 0 Å². The summed E-state index contributed by atoms with van der Waals surface area (Å²) in [5.74, 6) is -0.170. The number of hydrogen-bond donors (Lipinski definition) is 1. The molecule has 0 aliphatic carbocycles. The second kappa shape index (κ2) is 8.90. The average molecular weight is 457 g/mol. The first-order chi connectivity index (χ1) is 15.2. The van der Waals surface area contributed by atoms with Gasteiger partial charge in [-0.3, -0.25) is 14.6 Å². The molecule has 6 nitrogen and oxygen atoms in total. The maximum absolute atomic E-state index is 14.4. The molecule has 2 atom stereocenters. The minimum Gasteiger partial charge on any atom is -0.345 e. The van der Waals surface area contributed by atoms with E-state index in [0.717, 1.165) is 17.6 Å². The number of amidine groups is 1. The number of aliphatic imine (C=N–C) groups is 1. The molecular formula is C24H26ClFN4O2. The second-order valence-corrected chi connectivity index (χ2v) is 8.79. The predicted molar refractivity (Wildman–Crippen MR) is 123 cm³/mol. The van der Waals surface area contributed by atoms with Crippen LogP contribution < -0.4 is 5.32 Å². The van der Waals surface area contributed by atoms with Crippen LogP contribution in [0.1, 0.15) is 38.8 Å². The fraction of sp³-hybridized carbons (Fsp3) is 0.375. The van der Waals surface area contributed by atoms with Crippen LogP contribution in [0.2, 0.25) is 5.02 Å². The lowest BCUT2D eigenvalue weighted by atomic mass is 9.95. The van der Waals surface area contributed by atoms with E-state index in [1.807, 2.05) is 30.2 Å². The summed E-state index contributed by atoms with van der Waals surface area (Å²) in [6.07, 6.45) is 6.62. The molecular weight excluding hydrogens is 431 g/mol. The van der Waals surface area contributed by atoms with Crippen molar-refractivity contribution in [1.29, 1.82) is 0 Å². The van der Waals surface area contributed by atoms with Crippen molar-refractivity contribution in [3.8, 4) is 0 Å². The maximum atomic E-state index is 14.4. The Morgan fingerprint density at radius 2 is 2.12 bits per heavy atom. The number of allylic oxidation sites excluding steroid dienone is 2. The third kappa shape index (κ3) is 4.35. The topological polar surface area (TPSA) is 65.0 Å². The molecule has 168 valence electrons. The number of nitrogens with one attached hydrogen (secondary N) is 1. The zero-order valence-corrected chi connectivity index (χ0v) is 19.1. The van der Waals surface area contributed by atoms with Gasteiger partial charge in [0.2, 0.25) is 5.91 Å². The lowest BCUT2D eigenvalue weighted by Crippen LogP contribution is -2.38. The van der Waals surface area contributed by atoms with E-state index < -0.39 is 11.9 Å². The molecule has 1 N–H and O–H groups in total. The van der Waals surface area contributed by atoms with Crippen LogP contribution in [0.4, 0.5) is 4.39 Å². The Bertz CT molecular complexity index is 1090. The molecule has 0 spiro atoms. The molecule has 0 saturated heterocycles. The Kier molecular flexibility index (Phi) is 6.20. The molecule has 0 radical (unpaired) electrons. The van der Waals surface area contributed by atoms with E-state index in [1.165, 1.54) is 6.07 Å². The average Bonchev–Trinajstić information content (AvgIpc) is 3.14.